The predicted octanol–water partition coefficient (Wildman–Crippen LogP) is 4.31. The lowest BCUT2D eigenvalue weighted by atomic mass is 9.84. The molecular weight excluding hydrogens is 532 g/mol. The van der Waals surface area contributed by atoms with E-state index in [0.717, 1.165) is 29.5 Å². The summed E-state index contributed by atoms with van der Waals surface area (Å²) in [6.45, 7) is 16.8. The Morgan fingerprint density at radius 3 is 2.50 bits per heavy atom. The van der Waals surface area contributed by atoms with Gasteiger partial charge in [-0.15, -0.1) is 0 Å². The van der Waals surface area contributed by atoms with Crippen molar-refractivity contribution in [3.8, 4) is 0 Å². The van der Waals surface area contributed by atoms with Gasteiger partial charge in [0.15, 0.2) is 11.3 Å². The maximum Gasteiger partial charge on any atom is 0.277 e. The molecule has 2 aromatic heterocycles. The number of rotatable bonds is 6. The lowest BCUT2D eigenvalue weighted by Gasteiger charge is -2.26. The second-order valence-electron chi connectivity index (χ2n) is 11.5. The van der Waals surface area contributed by atoms with E-state index in [9.17, 15) is 14.4 Å². The van der Waals surface area contributed by atoms with E-state index in [4.69, 9.17) is 10.8 Å². The van der Waals surface area contributed by atoms with E-state index in [1.807, 2.05) is 33.8 Å². The highest BCUT2D eigenvalue weighted by Gasteiger charge is 2.34. The summed E-state index contributed by atoms with van der Waals surface area (Å²) in [5.74, 6) is -0.440. The third kappa shape index (κ3) is 6.78. The van der Waals surface area contributed by atoms with Crippen LogP contribution in [0.4, 0.5) is 11.5 Å². The van der Waals surface area contributed by atoms with Crippen LogP contribution in [0.5, 0.6) is 0 Å². The number of nitrogens with two attached hydrogens (primary N) is 1. The van der Waals surface area contributed by atoms with Crippen molar-refractivity contribution in [2.75, 3.05) is 38.2 Å². The van der Waals surface area contributed by atoms with Crippen molar-refractivity contribution in [2.24, 2.45) is 5.41 Å². The number of likely N-dealkylation sites (N-methyl/N-ethyl adjacent to an activating group) is 1. The zero-order chi connectivity index (χ0) is 31.4. The Bertz CT molecular complexity index is 1490. The number of amides is 3. The molecule has 0 saturated carbocycles. The molecule has 1 aromatic carbocycles. The second-order valence-corrected chi connectivity index (χ2v) is 11.5. The van der Waals surface area contributed by atoms with Crippen molar-refractivity contribution in [3.05, 3.63) is 53.5 Å². The molecule has 3 aromatic rings. The van der Waals surface area contributed by atoms with Gasteiger partial charge in [-0.3, -0.25) is 14.4 Å². The summed E-state index contributed by atoms with van der Waals surface area (Å²) in [6.07, 6.45) is 4.50. The van der Waals surface area contributed by atoms with Gasteiger partial charge in [0.1, 0.15) is 12.1 Å². The number of benzene rings is 1. The number of carbonyl (C=O) groups is 3. The van der Waals surface area contributed by atoms with Crippen LogP contribution in [-0.2, 0) is 16.0 Å². The highest BCUT2D eigenvalue weighted by molar-refractivity contribution is 6.13. The lowest BCUT2D eigenvalue weighted by Crippen LogP contribution is -2.34. The van der Waals surface area contributed by atoms with E-state index in [1.165, 1.54) is 12.4 Å². The molecular formula is C31H44N8O3. The molecule has 1 saturated heterocycles. The molecule has 226 valence electrons. The zero-order valence-electron chi connectivity index (χ0n) is 26.1. The predicted molar refractivity (Wildman–Crippen MR) is 166 cm³/mol. The molecule has 0 aliphatic carbocycles. The molecule has 3 heterocycles. The minimum Gasteiger partial charge on any atom is -0.383 e. The van der Waals surface area contributed by atoms with Crippen LogP contribution in [0.1, 0.15) is 73.8 Å². The molecule has 3 amide bonds. The molecule has 0 spiro atoms. The van der Waals surface area contributed by atoms with E-state index in [0.29, 0.717) is 29.8 Å². The highest BCUT2D eigenvalue weighted by atomic mass is 16.2. The normalized spacial score (nSPS) is 16.2. The quantitative estimate of drug-likeness (QED) is 0.417. The molecule has 1 unspecified atom stereocenters. The van der Waals surface area contributed by atoms with Gasteiger partial charge in [-0.05, 0) is 60.9 Å². The molecule has 1 aliphatic rings. The Hall–Kier alpha value is -4.28. The van der Waals surface area contributed by atoms with Gasteiger partial charge in [-0.25, -0.2) is 14.6 Å². The first-order valence-corrected chi connectivity index (χ1v) is 14.3. The van der Waals surface area contributed by atoms with Gasteiger partial charge in [0.25, 0.3) is 5.91 Å². The minimum atomic E-state index is -0.447. The first-order chi connectivity index (χ1) is 19.8. The number of nitrogen functional groups attached to an aromatic ring is 1. The summed E-state index contributed by atoms with van der Waals surface area (Å²) < 4.78 is 1.72. The number of nitrogens with one attached hydrogen (secondary N) is 1. The largest absolute Gasteiger partial charge is 0.383 e. The van der Waals surface area contributed by atoms with Crippen molar-refractivity contribution < 1.29 is 14.4 Å². The van der Waals surface area contributed by atoms with Crippen molar-refractivity contribution in [3.63, 3.8) is 0 Å². The van der Waals surface area contributed by atoms with Gasteiger partial charge >= 0.3 is 0 Å². The number of carbonyl (C=O) groups excluding carboxylic acids is 3. The third-order valence-corrected chi connectivity index (χ3v) is 7.83. The van der Waals surface area contributed by atoms with E-state index in [-0.39, 0.29) is 41.2 Å². The van der Waals surface area contributed by atoms with Gasteiger partial charge < -0.3 is 20.9 Å². The molecule has 4 rings (SSSR count). The average molecular weight is 577 g/mol. The Morgan fingerprint density at radius 1 is 1.17 bits per heavy atom. The molecule has 0 radical (unpaired) electrons. The Kier molecular flexibility index (Phi) is 10.1. The Labute approximate surface area is 248 Å². The van der Waals surface area contributed by atoms with Gasteiger partial charge in [0.05, 0.1) is 17.8 Å². The second kappa shape index (κ2) is 13.1. The number of aromatic nitrogens is 4. The van der Waals surface area contributed by atoms with Gasteiger partial charge in [0, 0.05) is 32.9 Å². The molecule has 1 aliphatic heterocycles. The van der Waals surface area contributed by atoms with Gasteiger partial charge in [0.2, 0.25) is 11.8 Å². The fraction of sp³-hybridized carbons (Fsp3) is 0.484. The van der Waals surface area contributed by atoms with Crippen LogP contribution >= 0.6 is 0 Å². The van der Waals surface area contributed by atoms with E-state index < -0.39 is 5.91 Å². The summed E-state index contributed by atoms with van der Waals surface area (Å²) in [7, 11) is 3.45. The number of hydrogen-bond acceptors (Lipinski definition) is 7. The first kappa shape index (κ1) is 32.2. The molecule has 42 heavy (non-hydrogen) atoms. The van der Waals surface area contributed by atoms with E-state index in [1.54, 1.807) is 34.6 Å². The number of fused-ring (bicyclic) bond motifs is 1. The van der Waals surface area contributed by atoms with Crippen LogP contribution in [0.15, 0.2) is 31.1 Å². The molecule has 3 N–H and O–H groups in total. The van der Waals surface area contributed by atoms with Crippen LogP contribution < -0.4 is 11.1 Å². The number of likely N-dealkylation sites (tertiary alicyclic amines) is 1. The molecule has 11 nitrogen and oxygen atoms in total. The molecule has 1 fully saturated rings. The maximum absolute atomic E-state index is 13.7. The number of nitrogens with zero attached hydrogens (tertiary/aromatic N) is 6. The highest BCUT2D eigenvalue weighted by Crippen LogP contribution is 2.37. The molecule has 1 atom stereocenters. The standard InChI is InChI=1S/C29H38N8O3.C2H6/c1-8-22(38)36-12-11-29(4,5)14-20(15-36)37-27-24(26(30)31-16-32-27)25(34-37)28(40)33-21-10-9-19(17(2)18(21)3)13-23(39)35(6)7;1-2/h8-10,16,20H,1,11-15H2,2-7H3,(H,33,40)(H2,30,31,32);1-2H3. The smallest absolute Gasteiger partial charge is 0.277 e. The summed E-state index contributed by atoms with van der Waals surface area (Å²) >= 11 is 0. The fourth-order valence-electron chi connectivity index (χ4n) is 5.20. The maximum atomic E-state index is 13.7. The third-order valence-electron chi connectivity index (χ3n) is 7.83. The summed E-state index contributed by atoms with van der Waals surface area (Å²) in [4.78, 5) is 50.4. The minimum absolute atomic E-state index is 0.00168. The SMILES string of the molecule is C=CC(=O)N1CCC(C)(C)CC(n2nc(C(=O)Nc3ccc(CC(=O)N(C)C)c(C)c3C)c3c(N)ncnc32)C1.CC. The topological polar surface area (TPSA) is 139 Å². The van der Waals surface area contributed by atoms with Crippen molar-refractivity contribution in [1.29, 1.82) is 0 Å². The van der Waals surface area contributed by atoms with Crippen LogP contribution in [0.2, 0.25) is 0 Å². The monoisotopic (exact) mass is 576 g/mol. The first-order valence-electron chi connectivity index (χ1n) is 14.3. The van der Waals surface area contributed by atoms with Crippen molar-refractivity contribution in [1.82, 2.24) is 29.5 Å². The Morgan fingerprint density at radius 2 is 1.86 bits per heavy atom. The van der Waals surface area contributed by atoms with Gasteiger partial charge in [-0.1, -0.05) is 40.3 Å². The van der Waals surface area contributed by atoms with Crippen LogP contribution in [0, 0.1) is 19.3 Å². The van der Waals surface area contributed by atoms with Crippen molar-refractivity contribution in [2.45, 2.75) is 66.8 Å². The number of hydrogen-bond donors (Lipinski definition) is 2. The summed E-state index contributed by atoms with van der Waals surface area (Å²) in [6, 6.07) is 3.41. The summed E-state index contributed by atoms with van der Waals surface area (Å²) in [5.41, 5.74) is 10.0. The lowest BCUT2D eigenvalue weighted by molar-refractivity contribution is -0.128. The van der Waals surface area contributed by atoms with Crippen LogP contribution in [0.3, 0.4) is 0 Å². The van der Waals surface area contributed by atoms with E-state index >= 15 is 0 Å². The molecule has 11 heteroatoms. The zero-order valence-corrected chi connectivity index (χ0v) is 26.1. The van der Waals surface area contributed by atoms with E-state index in [2.05, 4.69) is 35.7 Å². The van der Waals surface area contributed by atoms with Crippen LogP contribution in [-0.4, -0.2) is 74.5 Å². The summed E-state index contributed by atoms with van der Waals surface area (Å²) in [5, 5.41) is 8.07. The number of anilines is 2. The van der Waals surface area contributed by atoms with Crippen molar-refractivity contribution >= 4 is 40.3 Å². The molecule has 0 bridgehead atoms. The fourth-order valence-corrected chi connectivity index (χ4v) is 5.20. The average Bonchev–Trinajstić information content (AvgIpc) is 3.28. The van der Waals surface area contributed by atoms with Gasteiger partial charge in [-0.2, -0.15) is 5.10 Å². The Balaban J connectivity index is 0.00000237. The van der Waals surface area contributed by atoms with Crippen LogP contribution in [0.25, 0.3) is 11.0 Å².